The molecule has 0 radical (unpaired) electrons. The standard InChI is InChI=1S/C38H57N3O5/c1-4-5-6-7-8-9-10-11-12-13-14-15-16-17-24-41-32-23-18-27(2)25-31(32)40-37(41)29-19-21-30(22-20-29)39-38-35(43)34(42)36-33(46-38)26-44-28(3)45-36/h18-23,25,28,33-36,38-39,42-43H,4-17,24,26H2,1-3H3/t28?,33-,34-,35-,36-,38-/m1/s1. The lowest BCUT2D eigenvalue weighted by Crippen LogP contribution is -2.64. The SMILES string of the molecule is CCCCCCCCCCCCCCCCn1c(-c2ccc(N[C@@H]3O[C@@H]4COC(C)O[C@H]4[C@H](O)[C@H]3O)cc2)nc2cc(C)ccc21. The summed E-state index contributed by atoms with van der Waals surface area (Å²) in [4.78, 5) is 5.06. The molecule has 0 bridgehead atoms. The van der Waals surface area contributed by atoms with Crippen molar-refractivity contribution in [3.05, 3.63) is 48.0 Å². The largest absolute Gasteiger partial charge is 0.387 e. The van der Waals surface area contributed by atoms with Gasteiger partial charge in [0.1, 0.15) is 30.2 Å². The van der Waals surface area contributed by atoms with Gasteiger partial charge >= 0.3 is 0 Å². The van der Waals surface area contributed by atoms with Gasteiger partial charge in [0.2, 0.25) is 0 Å². The van der Waals surface area contributed by atoms with Crippen LogP contribution in [0.3, 0.4) is 0 Å². The number of rotatable bonds is 18. The summed E-state index contributed by atoms with van der Waals surface area (Å²) >= 11 is 0. The second kappa shape index (κ2) is 17.6. The van der Waals surface area contributed by atoms with Crippen molar-refractivity contribution in [2.24, 2.45) is 0 Å². The van der Waals surface area contributed by atoms with E-state index >= 15 is 0 Å². The van der Waals surface area contributed by atoms with Crippen LogP contribution in [0.2, 0.25) is 0 Å². The number of fused-ring (bicyclic) bond motifs is 2. The predicted molar refractivity (Wildman–Crippen MR) is 185 cm³/mol. The Morgan fingerprint density at radius 2 is 1.43 bits per heavy atom. The first-order valence-corrected chi connectivity index (χ1v) is 18.1. The molecule has 0 amide bonds. The number of aliphatic hydroxyl groups is 2. The van der Waals surface area contributed by atoms with Crippen LogP contribution in [0, 0.1) is 6.92 Å². The highest BCUT2D eigenvalue weighted by molar-refractivity contribution is 5.81. The highest BCUT2D eigenvalue weighted by Crippen LogP contribution is 2.31. The Morgan fingerprint density at radius 3 is 2.09 bits per heavy atom. The van der Waals surface area contributed by atoms with Crippen LogP contribution in [0.1, 0.15) is 109 Å². The van der Waals surface area contributed by atoms with E-state index in [1.165, 1.54) is 94.6 Å². The van der Waals surface area contributed by atoms with Crippen molar-refractivity contribution in [3.8, 4) is 11.4 Å². The molecule has 8 heteroatoms. The van der Waals surface area contributed by atoms with E-state index in [0.717, 1.165) is 35.6 Å². The van der Waals surface area contributed by atoms with Gasteiger partial charge < -0.3 is 34.3 Å². The van der Waals surface area contributed by atoms with Crippen LogP contribution in [0.25, 0.3) is 22.4 Å². The summed E-state index contributed by atoms with van der Waals surface area (Å²) in [5.74, 6) is 0.972. The molecule has 3 aromatic rings. The van der Waals surface area contributed by atoms with Gasteiger partial charge in [-0.15, -0.1) is 0 Å². The maximum atomic E-state index is 10.7. The molecule has 254 valence electrons. The number of nitrogens with zero attached hydrogens (tertiary/aromatic N) is 2. The van der Waals surface area contributed by atoms with Crippen molar-refractivity contribution in [3.63, 3.8) is 0 Å². The van der Waals surface area contributed by atoms with Crippen molar-refractivity contribution in [2.45, 2.75) is 154 Å². The van der Waals surface area contributed by atoms with Crippen LogP contribution in [0.5, 0.6) is 0 Å². The molecule has 6 atom stereocenters. The Labute approximate surface area is 275 Å². The summed E-state index contributed by atoms with van der Waals surface area (Å²) in [7, 11) is 0. The van der Waals surface area contributed by atoms with Crippen molar-refractivity contribution in [2.75, 3.05) is 11.9 Å². The zero-order chi connectivity index (χ0) is 32.3. The highest BCUT2D eigenvalue weighted by atomic mass is 16.7. The van der Waals surface area contributed by atoms with Crippen molar-refractivity contribution in [1.82, 2.24) is 9.55 Å². The number of nitrogens with one attached hydrogen (secondary N) is 1. The third-order valence-electron chi connectivity index (χ3n) is 9.62. The van der Waals surface area contributed by atoms with E-state index in [-0.39, 0.29) is 0 Å². The van der Waals surface area contributed by atoms with Crippen LogP contribution in [-0.2, 0) is 20.8 Å². The number of unbranched alkanes of at least 4 members (excludes halogenated alkanes) is 13. The van der Waals surface area contributed by atoms with Gasteiger partial charge in [-0.2, -0.15) is 0 Å². The molecule has 46 heavy (non-hydrogen) atoms. The summed E-state index contributed by atoms with van der Waals surface area (Å²) in [6.07, 6.45) is 14.4. The number of benzene rings is 2. The number of aliphatic hydroxyl groups excluding tert-OH is 2. The third kappa shape index (κ3) is 9.32. The summed E-state index contributed by atoms with van der Waals surface area (Å²) in [5.41, 5.74) is 5.23. The molecule has 8 nitrogen and oxygen atoms in total. The topological polar surface area (TPSA) is 98.0 Å². The molecule has 1 unspecified atom stereocenters. The Morgan fingerprint density at radius 1 is 0.804 bits per heavy atom. The minimum atomic E-state index is -1.14. The van der Waals surface area contributed by atoms with E-state index < -0.39 is 36.9 Å². The average molecular weight is 636 g/mol. The van der Waals surface area contributed by atoms with Gasteiger partial charge in [0.25, 0.3) is 0 Å². The predicted octanol–water partition coefficient (Wildman–Crippen LogP) is 8.11. The zero-order valence-corrected chi connectivity index (χ0v) is 28.3. The first-order valence-electron chi connectivity index (χ1n) is 18.1. The Hall–Kier alpha value is -2.49. The maximum Gasteiger partial charge on any atom is 0.157 e. The first kappa shape index (κ1) is 34.8. The van der Waals surface area contributed by atoms with E-state index in [1.807, 2.05) is 12.1 Å². The van der Waals surface area contributed by atoms with E-state index in [9.17, 15) is 10.2 Å². The number of ether oxygens (including phenoxy) is 3. The van der Waals surface area contributed by atoms with Crippen LogP contribution >= 0.6 is 0 Å². The van der Waals surface area contributed by atoms with Crippen molar-refractivity contribution < 1.29 is 24.4 Å². The summed E-state index contributed by atoms with van der Waals surface area (Å²) in [5, 5.41) is 24.7. The van der Waals surface area contributed by atoms with Gasteiger partial charge in [-0.25, -0.2) is 4.98 Å². The highest BCUT2D eigenvalue weighted by Gasteiger charge is 2.48. The van der Waals surface area contributed by atoms with Gasteiger partial charge in [-0.1, -0.05) is 96.5 Å². The second-order valence-corrected chi connectivity index (χ2v) is 13.5. The summed E-state index contributed by atoms with van der Waals surface area (Å²) in [6, 6.07) is 14.6. The number of aryl methyl sites for hydroxylation is 2. The number of aromatic nitrogens is 2. The van der Waals surface area contributed by atoms with Gasteiger partial charge in [0.05, 0.1) is 17.6 Å². The monoisotopic (exact) mass is 635 g/mol. The molecule has 0 aliphatic carbocycles. The number of imidazole rings is 1. The normalized spacial score (nSPS) is 24.7. The smallest absolute Gasteiger partial charge is 0.157 e. The molecular formula is C38H57N3O5. The average Bonchev–Trinajstić information content (AvgIpc) is 3.41. The molecular weight excluding hydrogens is 578 g/mol. The minimum absolute atomic E-state index is 0.307. The molecule has 2 aliphatic heterocycles. The lowest BCUT2D eigenvalue weighted by Gasteiger charge is -2.46. The van der Waals surface area contributed by atoms with Gasteiger partial charge in [0, 0.05) is 17.8 Å². The molecule has 5 rings (SSSR count). The first-order chi connectivity index (χ1) is 22.4. The molecule has 3 N–H and O–H groups in total. The van der Waals surface area contributed by atoms with Crippen LogP contribution < -0.4 is 5.32 Å². The maximum absolute atomic E-state index is 10.7. The minimum Gasteiger partial charge on any atom is -0.387 e. The Balaban J connectivity index is 1.11. The fourth-order valence-electron chi connectivity index (χ4n) is 6.88. The second-order valence-electron chi connectivity index (χ2n) is 13.5. The summed E-state index contributed by atoms with van der Waals surface area (Å²) < 4.78 is 19.6. The van der Waals surface area contributed by atoms with E-state index in [4.69, 9.17) is 19.2 Å². The van der Waals surface area contributed by atoms with Gasteiger partial charge in [-0.05, 0) is 62.2 Å². The molecule has 0 saturated carbocycles. The van der Waals surface area contributed by atoms with Crippen LogP contribution in [-0.4, -0.2) is 63.3 Å². The van der Waals surface area contributed by atoms with E-state index in [0.29, 0.717) is 6.61 Å². The Bertz CT molecular complexity index is 1330. The van der Waals surface area contributed by atoms with Crippen LogP contribution in [0.15, 0.2) is 42.5 Å². The number of hydrogen-bond acceptors (Lipinski definition) is 7. The molecule has 2 aliphatic rings. The lowest BCUT2D eigenvalue weighted by atomic mass is 9.97. The lowest BCUT2D eigenvalue weighted by molar-refractivity contribution is -0.317. The molecule has 3 heterocycles. The van der Waals surface area contributed by atoms with E-state index in [2.05, 4.69) is 54.1 Å². The molecule has 0 spiro atoms. The van der Waals surface area contributed by atoms with Crippen molar-refractivity contribution >= 4 is 16.7 Å². The number of anilines is 1. The molecule has 1 aromatic heterocycles. The molecule has 2 aromatic carbocycles. The van der Waals surface area contributed by atoms with Gasteiger partial charge in [-0.3, -0.25) is 0 Å². The molecule has 2 saturated heterocycles. The summed E-state index contributed by atoms with van der Waals surface area (Å²) in [6.45, 7) is 7.42. The number of hydrogen-bond donors (Lipinski definition) is 3. The Kier molecular flexibility index (Phi) is 13.3. The third-order valence-corrected chi connectivity index (χ3v) is 9.62. The van der Waals surface area contributed by atoms with Crippen LogP contribution in [0.4, 0.5) is 5.69 Å². The molecule has 2 fully saturated rings. The zero-order valence-electron chi connectivity index (χ0n) is 28.3. The van der Waals surface area contributed by atoms with E-state index in [1.54, 1.807) is 6.92 Å². The van der Waals surface area contributed by atoms with Crippen molar-refractivity contribution in [1.29, 1.82) is 0 Å². The fraction of sp³-hybridized carbons (Fsp3) is 0.658. The quantitative estimate of drug-likeness (QED) is 0.122. The fourth-order valence-corrected chi connectivity index (χ4v) is 6.88. The van der Waals surface area contributed by atoms with Gasteiger partial charge in [0.15, 0.2) is 12.5 Å².